The van der Waals surface area contributed by atoms with Crippen LogP contribution in [0, 0.1) is 5.92 Å². The van der Waals surface area contributed by atoms with Gasteiger partial charge in [0.2, 0.25) is 0 Å². The van der Waals surface area contributed by atoms with Crippen LogP contribution in [0.25, 0.3) is 0 Å². The Balaban J connectivity index is 2.41. The van der Waals surface area contributed by atoms with E-state index in [0.717, 1.165) is 32.2 Å². The van der Waals surface area contributed by atoms with Crippen molar-refractivity contribution in [1.29, 1.82) is 0 Å². The van der Waals surface area contributed by atoms with Crippen LogP contribution in [0.2, 0.25) is 0 Å². The molecular formula is C12H25NO. The SMILES string of the molecule is CC(C)CCC1(O)CCN(C)C(C)C1. The van der Waals surface area contributed by atoms with Crippen molar-refractivity contribution < 1.29 is 5.11 Å². The molecule has 84 valence electrons. The van der Waals surface area contributed by atoms with Gasteiger partial charge in [0, 0.05) is 12.6 Å². The van der Waals surface area contributed by atoms with Gasteiger partial charge >= 0.3 is 0 Å². The van der Waals surface area contributed by atoms with E-state index in [1.807, 2.05) is 0 Å². The van der Waals surface area contributed by atoms with Crippen molar-refractivity contribution in [1.82, 2.24) is 4.90 Å². The first-order chi connectivity index (χ1) is 6.43. The number of nitrogens with zero attached hydrogens (tertiary/aromatic N) is 1. The maximum Gasteiger partial charge on any atom is 0.0674 e. The summed E-state index contributed by atoms with van der Waals surface area (Å²) in [6.45, 7) is 7.69. The summed E-state index contributed by atoms with van der Waals surface area (Å²) in [5.41, 5.74) is -0.379. The van der Waals surface area contributed by atoms with Crippen LogP contribution < -0.4 is 0 Å². The lowest BCUT2D eigenvalue weighted by atomic mass is 9.82. The zero-order valence-electron chi connectivity index (χ0n) is 10.1. The van der Waals surface area contributed by atoms with E-state index in [0.29, 0.717) is 12.0 Å². The lowest BCUT2D eigenvalue weighted by molar-refractivity contribution is -0.0449. The molecule has 0 aromatic rings. The monoisotopic (exact) mass is 199 g/mol. The molecular weight excluding hydrogens is 174 g/mol. The number of hydrogen-bond acceptors (Lipinski definition) is 2. The van der Waals surface area contributed by atoms with Crippen LogP contribution in [0.5, 0.6) is 0 Å². The predicted molar refractivity (Wildman–Crippen MR) is 60.3 cm³/mol. The van der Waals surface area contributed by atoms with Gasteiger partial charge in [-0.25, -0.2) is 0 Å². The average Bonchev–Trinajstić information content (AvgIpc) is 2.09. The minimum absolute atomic E-state index is 0.379. The van der Waals surface area contributed by atoms with Crippen LogP contribution in [0.3, 0.4) is 0 Å². The van der Waals surface area contributed by atoms with E-state index in [1.165, 1.54) is 0 Å². The third-order valence-corrected chi connectivity index (χ3v) is 3.54. The lowest BCUT2D eigenvalue weighted by Gasteiger charge is -2.41. The largest absolute Gasteiger partial charge is 0.390 e. The fourth-order valence-electron chi connectivity index (χ4n) is 2.20. The number of rotatable bonds is 3. The predicted octanol–water partition coefficient (Wildman–Crippen LogP) is 2.27. The first-order valence-corrected chi connectivity index (χ1v) is 5.85. The molecule has 0 amide bonds. The van der Waals surface area contributed by atoms with Crippen LogP contribution in [0.15, 0.2) is 0 Å². The van der Waals surface area contributed by atoms with Crippen molar-refractivity contribution >= 4 is 0 Å². The van der Waals surface area contributed by atoms with Gasteiger partial charge < -0.3 is 10.0 Å². The highest BCUT2D eigenvalue weighted by Crippen LogP contribution is 2.30. The molecule has 0 saturated carbocycles. The lowest BCUT2D eigenvalue weighted by Crippen LogP contribution is -2.47. The number of aliphatic hydroxyl groups is 1. The molecule has 1 aliphatic heterocycles. The van der Waals surface area contributed by atoms with Crippen molar-refractivity contribution in [2.45, 2.75) is 58.1 Å². The second kappa shape index (κ2) is 4.63. The molecule has 1 fully saturated rings. The van der Waals surface area contributed by atoms with Crippen molar-refractivity contribution in [2.24, 2.45) is 5.92 Å². The molecule has 0 aliphatic carbocycles. The van der Waals surface area contributed by atoms with Crippen LogP contribution in [0.4, 0.5) is 0 Å². The minimum Gasteiger partial charge on any atom is -0.390 e. The molecule has 2 heteroatoms. The highest BCUT2D eigenvalue weighted by atomic mass is 16.3. The Kier molecular flexibility index (Phi) is 3.96. The smallest absolute Gasteiger partial charge is 0.0674 e. The van der Waals surface area contributed by atoms with Crippen LogP contribution in [-0.2, 0) is 0 Å². The first-order valence-electron chi connectivity index (χ1n) is 5.85. The number of hydrogen-bond donors (Lipinski definition) is 1. The summed E-state index contributed by atoms with van der Waals surface area (Å²) in [7, 11) is 2.15. The Hall–Kier alpha value is -0.0800. The van der Waals surface area contributed by atoms with Crippen molar-refractivity contribution in [3.8, 4) is 0 Å². The molecule has 0 aromatic carbocycles. The van der Waals surface area contributed by atoms with Crippen molar-refractivity contribution in [2.75, 3.05) is 13.6 Å². The highest BCUT2D eigenvalue weighted by Gasteiger charge is 2.34. The maximum absolute atomic E-state index is 10.4. The van der Waals surface area contributed by atoms with E-state index in [4.69, 9.17) is 0 Å². The van der Waals surface area contributed by atoms with Crippen LogP contribution in [0.1, 0.15) is 46.5 Å². The zero-order chi connectivity index (χ0) is 10.8. The second-order valence-electron chi connectivity index (χ2n) is 5.44. The molecule has 1 aliphatic rings. The zero-order valence-corrected chi connectivity index (χ0v) is 10.1. The average molecular weight is 199 g/mol. The normalized spacial score (nSPS) is 35.1. The number of likely N-dealkylation sites (tertiary alicyclic amines) is 1. The summed E-state index contributed by atoms with van der Waals surface area (Å²) in [5, 5.41) is 10.4. The van der Waals surface area contributed by atoms with Crippen LogP contribution in [-0.4, -0.2) is 35.2 Å². The van der Waals surface area contributed by atoms with Crippen molar-refractivity contribution in [3.63, 3.8) is 0 Å². The summed E-state index contributed by atoms with van der Waals surface area (Å²) >= 11 is 0. The Morgan fingerprint density at radius 2 is 2.14 bits per heavy atom. The number of piperidine rings is 1. The molecule has 1 saturated heterocycles. The Bertz CT molecular complexity index is 181. The summed E-state index contributed by atoms with van der Waals surface area (Å²) in [6, 6.07) is 0.529. The van der Waals surface area contributed by atoms with E-state index in [-0.39, 0.29) is 5.60 Å². The van der Waals surface area contributed by atoms with E-state index >= 15 is 0 Å². The summed E-state index contributed by atoms with van der Waals surface area (Å²) in [4.78, 5) is 2.34. The van der Waals surface area contributed by atoms with Crippen molar-refractivity contribution in [3.05, 3.63) is 0 Å². The summed E-state index contributed by atoms with van der Waals surface area (Å²) in [6.07, 6.45) is 4.01. The molecule has 14 heavy (non-hydrogen) atoms. The van der Waals surface area contributed by atoms with Gasteiger partial charge in [-0.05, 0) is 45.6 Å². The molecule has 0 radical (unpaired) electrons. The quantitative estimate of drug-likeness (QED) is 0.753. The maximum atomic E-state index is 10.4. The molecule has 0 bridgehead atoms. The second-order valence-corrected chi connectivity index (χ2v) is 5.44. The molecule has 1 heterocycles. The third-order valence-electron chi connectivity index (χ3n) is 3.54. The van der Waals surface area contributed by atoms with Gasteiger partial charge in [-0.2, -0.15) is 0 Å². The topological polar surface area (TPSA) is 23.5 Å². The molecule has 1 N–H and O–H groups in total. The molecule has 2 atom stereocenters. The van der Waals surface area contributed by atoms with E-state index in [1.54, 1.807) is 0 Å². The van der Waals surface area contributed by atoms with E-state index < -0.39 is 0 Å². The fraction of sp³-hybridized carbons (Fsp3) is 1.00. The Labute approximate surface area is 88.3 Å². The first kappa shape index (κ1) is 12.0. The summed E-state index contributed by atoms with van der Waals surface area (Å²) in [5.74, 6) is 0.703. The van der Waals surface area contributed by atoms with E-state index in [2.05, 4.69) is 32.7 Å². The fourth-order valence-corrected chi connectivity index (χ4v) is 2.20. The Morgan fingerprint density at radius 1 is 1.50 bits per heavy atom. The van der Waals surface area contributed by atoms with Gasteiger partial charge in [0.05, 0.1) is 5.60 Å². The van der Waals surface area contributed by atoms with Gasteiger partial charge in [0.1, 0.15) is 0 Å². The highest BCUT2D eigenvalue weighted by molar-refractivity contribution is 4.89. The minimum atomic E-state index is -0.379. The Morgan fingerprint density at radius 3 is 2.64 bits per heavy atom. The molecule has 1 rings (SSSR count). The molecule has 2 unspecified atom stereocenters. The summed E-state index contributed by atoms with van der Waals surface area (Å²) < 4.78 is 0. The van der Waals surface area contributed by atoms with Gasteiger partial charge in [0.15, 0.2) is 0 Å². The van der Waals surface area contributed by atoms with Gasteiger partial charge in [-0.15, -0.1) is 0 Å². The van der Waals surface area contributed by atoms with Gasteiger partial charge in [-0.1, -0.05) is 13.8 Å². The molecule has 0 aromatic heterocycles. The standard InChI is InChI=1S/C12H25NO/c1-10(2)5-6-12(14)7-8-13(4)11(3)9-12/h10-11,14H,5-9H2,1-4H3. The third kappa shape index (κ3) is 3.25. The molecule has 0 spiro atoms. The van der Waals surface area contributed by atoms with Gasteiger partial charge in [-0.3, -0.25) is 0 Å². The van der Waals surface area contributed by atoms with Crippen LogP contribution >= 0.6 is 0 Å². The van der Waals surface area contributed by atoms with E-state index in [9.17, 15) is 5.11 Å². The van der Waals surface area contributed by atoms with Gasteiger partial charge in [0.25, 0.3) is 0 Å². The molecule has 2 nitrogen and oxygen atoms in total.